The first-order valence-electron chi connectivity index (χ1n) is 7.16. The van der Waals surface area contributed by atoms with E-state index in [2.05, 4.69) is 18.8 Å². The van der Waals surface area contributed by atoms with E-state index < -0.39 is 11.4 Å². The molecule has 0 aromatic carbocycles. The van der Waals surface area contributed by atoms with Gasteiger partial charge in [-0.25, -0.2) is 0 Å². The van der Waals surface area contributed by atoms with E-state index in [9.17, 15) is 9.90 Å². The third kappa shape index (κ3) is 3.14. The lowest BCUT2D eigenvalue weighted by Crippen LogP contribution is -2.38. The molecule has 1 N–H and O–H groups in total. The van der Waals surface area contributed by atoms with Crippen LogP contribution < -0.4 is 0 Å². The molecule has 0 aliphatic heterocycles. The van der Waals surface area contributed by atoms with Gasteiger partial charge in [-0.15, -0.1) is 0 Å². The van der Waals surface area contributed by atoms with Crippen molar-refractivity contribution in [2.45, 2.75) is 46.0 Å². The van der Waals surface area contributed by atoms with Gasteiger partial charge in [0.25, 0.3) is 0 Å². The highest BCUT2D eigenvalue weighted by Crippen LogP contribution is 2.43. The van der Waals surface area contributed by atoms with Gasteiger partial charge in [-0.2, -0.15) is 0 Å². The van der Waals surface area contributed by atoms with Crippen LogP contribution in [0.3, 0.4) is 0 Å². The zero-order valence-electron chi connectivity index (χ0n) is 11.8. The van der Waals surface area contributed by atoms with Crippen molar-refractivity contribution in [3.63, 3.8) is 0 Å². The average molecular weight is 261 g/mol. The Morgan fingerprint density at radius 1 is 1.47 bits per heavy atom. The highest BCUT2D eigenvalue weighted by Gasteiger charge is 2.42. The fraction of sp³-hybridized carbons (Fsp3) is 0.625. The molecule has 0 spiro atoms. The molecule has 1 saturated carbocycles. The fourth-order valence-electron chi connectivity index (χ4n) is 3.22. The second-order valence-electron chi connectivity index (χ2n) is 6.20. The first-order valence-corrected chi connectivity index (χ1v) is 7.16. The van der Waals surface area contributed by atoms with Gasteiger partial charge in [-0.3, -0.25) is 9.78 Å². The molecule has 0 amide bonds. The van der Waals surface area contributed by atoms with E-state index >= 15 is 0 Å². The molecule has 1 aliphatic carbocycles. The van der Waals surface area contributed by atoms with Gasteiger partial charge in [0.1, 0.15) is 0 Å². The summed E-state index contributed by atoms with van der Waals surface area (Å²) in [4.78, 5) is 15.8. The minimum absolute atomic E-state index is 0.575. The van der Waals surface area contributed by atoms with Crippen molar-refractivity contribution in [2.24, 2.45) is 17.3 Å². The summed E-state index contributed by atoms with van der Waals surface area (Å²) in [6.07, 6.45) is 7.78. The van der Waals surface area contributed by atoms with Crippen molar-refractivity contribution in [3.8, 4) is 0 Å². The van der Waals surface area contributed by atoms with Gasteiger partial charge in [0, 0.05) is 12.4 Å². The number of carboxylic acid groups (broad SMARTS) is 1. The first-order chi connectivity index (χ1) is 9.03. The van der Waals surface area contributed by atoms with Gasteiger partial charge in [0.15, 0.2) is 0 Å². The second kappa shape index (κ2) is 5.72. The average Bonchev–Trinajstić information content (AvgIpc) is 2.40. The number of carboxylic acids is 1. The van der Waals surface area contributed by atoms with E-state index in [1.807, 2.05) is 12.1 Å². The van der Waals surface area contributed by atoms with Gasteiger partial charge >= 0.3 is 5.97 Å². The van der Waals surface area contributed by atoms with E-state index in [0.29, 0.717) is 18.3 Å². The summed E-state index contributed by atoms with van der Waals surface area (Å²) in [5, 5.41) is 9.65. The molecule has 0 saturated heterocycles. The van der Waals surface area contributed by atoms with Crippen LogP contribution >= 0.6 is 0 Å². The lowest BCUT2D eigenvalue weighted by Gasteiger charge is -2.38. The van der Waals surface area contributed by atoms with Gasteiger partial charge in [0.2, 0.25) is 0 Å². The number of pyridine rings is 1. The summed E-state index contributed by atoms with van der Waals surface area (Å²) in [7, 11) is 0. The summed E-state index contributed by atoms with van der Waals surface area (Å²) in [6.45, 7) is 4.47. The van der Waals surface area contributed by atoms with E-state index in [-0.39, 0.29) is 0 Å². The minimum Gasteiger partial charge on any atom is -0.481 e. The second-order valence-corrected chi connectivity index (χ2v) is 6.20. The van der Waals surface area contributed by atoms with Crippen LogP contribution in [-0.4, -0.2) is 16.1 Å². The highest BCUT2D eigenvalue weighted by atomic mass is 16.4. The van der Waals surface area contributed by atoms with Crippen molar-refractivity contribution >= 4 is 5.97 Å². The van der Waals surface area contributed by atoms with Gasteiger partial charge in [-0.1, -0.05) is 19.9 Å². The number of hydrogen-bond donors (Lipinski definition) is 1. The van der Waals surface area contributed by atoms with Crippen LogP contribution in [0.5, 0.6) is 0 Å². The SMILES string of the molecule is CC(C)C1CCC(Cc2cccnc2)(C(=O)O)CC1. The van der Waals surface area contributed by atoms with Crippen molar-refractivity contribution < 1.29 is 9.90 Å². The number of aliphatic carboxylic acids is 1. The van der Waals surface area contributed by atoms with Crippen molar-refractivity contribution in [3.05, 3.63) is 30.1 Å². The lowest BCUT2D eigenvalue weighted by molar-refractivity contribution is -0.151. The predicted molar refractivity (Wildman–Crippen MR) is 74.8 cm³/mol. The van der Waals surface area contributed by atoms with E-state index in [1.54, 1.807) is 12.4 Å². The molecule has 1 aliphatic rings. The quantitative estimate of drug-likeness (QED) is 0.901. The van der Waals surface area contributed by atoms with Gasteiger partial charge < -0.3 is 5.11 Å². The molecular weight excluding hydrogens is 238 g/mol. The van der Waals surface area contributed by atoms with Crippen LogP contribution in [0.25, 0.3) is 0 Å². The molecule has 0 bridgehead atoms. The molecular formula is C16H23NO2. The first kappa shape index (κ1) is 14.0. The van der Waals surface area contributed by atoms with Crippen LogP contribution in [0.2, 0.25) is 0 Å². The Hall–Kier alpha value is -1.38. The number of hydrogen-bond acceptors (Lipinski definition) is 2. The number of aromatic nitrogens is 1. The van der Waals surface area contributed by atoms with E-state index in [1.165, 1.54) is 0 Å². The Morgan fingerprint density at radius 3 is 2.63 bits per heavy atom. The zero-order chi connectivity index (χ0) is 13.9. The third-order valence-electron chi connectivity index (χ3n) is 4.65. The largest absolute Gasteiger partial charge is 0.481 e. The summed E-state index contributed by atoms with van der Waals surface area (Å²) >= 11 is 0. The Morgan fingerprint density at radius 2 is 2.16 bits per heavy atom. The Kier molecular flexibility index (Phi) is 4.23. The number of rotatable bonds is 4. The molecule has 1 fully saturated rings. The monoisotopic (exact) mass is 261 g/mol. The Balaban J connectivity index is 2.11. The Bertz CT molecular complexity index is 420. The standard InChI is InChI=1S/C16H23NO2/c1-12(2)14-5-7-16(8-6-14,15(18)19)10-13-4-3-9-17-11-13/h3-4,9,11-12,14H,5-8,10H2,1-2H3,(H,18,19). The molecule has 0 atom stereocenters. The number of nitrogens with zero attached hydrogens (tertiary/aromatic N) is 1. The summed E-state index contributed by atoms with van der Waals surface area (Å²) in [5.41, 5.74) is 0.460. The van der Waals surface area contributed by atoms with Crippen LogP contribution in [0, 0.1) is 17.3 Å². The molecule has 1 aromatic heterocycles. The summed E-state index contributed by atoms with van der Waals surface area (Å²) in [6, 6.07) is 3.86. The van der Waals surface area contributed by atoms with Crippen LogP contribution in [-0.2, 0) is 11.2 Å². The molecule has 3 nitrogen and oxygen atoms in total. The maximum absolute atomic E-state index is 11.7. The predicted octanol–water partition coefficient (Wildman–Crippen LogP) is 3.54. The molecule has 3 heteroatoms. The summed E-state index contributed by atoms with van der Waals surface area (Å²) < 4.78 is 0. The molecule has 104 valence electrons. The van der Waals surface area contributed by atoms with Gasteiger partial charge in [-0.05, 0) is 55.6 Å². The molecule has 2 rings (SSSR count). The Labute approximate surface area is 115 Å². The summed E-state index contributed by atoms with van der Waals surface area (Å²) in [5.74, 6) is 0.699. The molecule has 0 radical (unpaired) electrons. The molecule has 19 heavy (non-hydrogen) atoms. The van der Waals surface area contributed by atoms with Crippen LogP contribution in [0.15, 0.2) is 24.5 Å². The van der Waals surface area contributed by atoms with E-state index in [0.717, 1.165) is 31.2 Å². The zero-order valence-corrected chi connectivity index (χ0v) is 11.8. The van der Waals surface area contributed by atoms with Crippen molar-refractivity contribution in [1.29, 1.82) is 0 Å². The van der Waals surface area contributed by atoms with Crippen LogP contribution in [0.1, 0.15) is 45.1 Å². The van der Waals surface area contributed by atoms with E-state index in [4.69, 9.17) is 0 Å². The smallest absolute Gasteiger partial charge is 0.309 e. The van der Waals surface area contributed by atoms with Gasteiger partial charge in [0.05, 0.1) is 5.41 Å². The molecule has 0 unspecified atom stereocenters. The fourth-order valence-corrected chi connectivity index (χ4v) is 3.22. The van der Waals surface area contributed by atoms with Crippen molar-refractivity contribution in [1.82, 2.24) is 4.98 Å². The maximum atomic E-state index is 11.7. The number of carbonyl (C=O) groups is 1. The highest BCUT2D eigenvalue weighted by molar-refractivity contribution is 5.75. The lowest BCUT2D eigenvalue weighted by atomic mass is 9.65. The molecule has 1 aromatic rings. The topological polar surface area (TPSA) is 50.2 Å². The minimum atomic E-state index is -0.640. The normalized spacial score (nSPS) is 27.4. The van der Waals surface area contributed by atoms with Crippen molar-refractivity contribution in [2.75, 3.05) is 0 Å². The third-order valence-corrected chi connectivity index (χ3v) is 4.65. The maximum Gasteiger partial charge on any atom is 0.309 e. The van der Waals surface area contributed by atoms with Crippen LogP contribution in [0.4, 0.5) is 0 Å². The molecule has 1 heterocycles.